The third-order valence-corrected chi connectivity index (χ3v) is 8.17. The molecule has 0 bridgehead atoms. The SMILES string of the molecule is C=C(F)C(=O)N(Cc1ccc2c(c1)CN(C1CCC(=O)NC1=O)C2=O)C(C(=O)NC1CCC1)c1ccnc(F)c1C.O=C(O)C(F)(F)F. The van der Waals surface area contributed by atoms with Crippen LogP contribution in [0.1, 0.15) is 70.8 Å². The van der Waals surface area contributed by atoms with E-state index in [4.69, 9.17) is 9.90 Å². The minimum absolute atomic E-state index is 0.0444. The molecule has 12 nitrogen and oxygen atoms in total. The van der Waals surface area contributed by atoms with E-state index in [9.17, 15) is 45.9 Å². The predicted molar refractivity (Wildman–Crippen MR) is 154 cm³/mol. The lowest BCUT2D eigenvalue weighted by Gasteiger charge is -2.34. The third kappa shape index (κ3) is 7.83. The van der Waals surface area contributed by atoms with Crippen molar-refractivity contribution in [2.45, 2.75) is 76.4 Å². The van der Waals surface area contributed by atoms with Gasteiger partial charge in [-0.3, -0.25) is 29.3 Å². The number of hydrogen-bond acceptors (Lipinski definition) is 7. The van der Waals surface area contributed by atoms with Crippen LogP contribution in [-0.2, 0) is 37.1 Å². The van der Waals surface area contributed by atoms with E-state index in [0.29, 0.717) is 16.7 Å². The minimum Gasteiger partial charge on any atom is -0.475 e. The molecule has 0 radical (unpaired) electrons. The van der Waals surface area contributed by atoms with Gasteiger partial charge in [-0.05, 0) is 61.4 Å². The molecule has 5 amide bonds. The Bertz CT molecular complexity index is 1680. The van der Waals surface area contributed by atoms with E-state index in [-0.39, 0.29) is 49.0 Å². The van der Waals surface area contributed by atoms with Crippen LogP contribution in [-0.4, -0.2) is 73.7 Å². The van der Waals surface area contributed by atoms with Gasteiger partial charge in [0.15, 0.2) is 5.83 Å². The Morgan fingerprint density at radius 3 is 2.40 bits per heavy atom. The number of carbonyl (C=O) groups is 6. The van der Waals surface area contributed by atoms with E-state index in [1.54, 1.807) is 18.2 Å². The molecule has 2 atom stereocenters. The van der Waals surface area contributed by atoms with Gasteiger partial charge in [-0.2, -0.15) is 17.6 Å². The van der Waals surface area contributed by atoms with Gasteiger partial charge >= 0.3 is 12.1 Å². The van der Waals surface area contributed by atoms with Crippen molar-refractivity contribution < 1.29 is 55.8 Å². The molecule has 2 aromatic rings. The Balaban J connectivity index is 0.000000671. The fourth-order valence-electron chi connectivity index (χ4n) is 5.46. The first kappa shape index (κ1) is 35.6. The zero-order valence-electron chi connectivity index (χ0n) is 25.4. The summed E-state index contributed by atoms with van der Waals surface area (Å²) in [6.07, 6.45) is -1.13. The van der Waals surface area contributed by atoms with Gasteiger partial charge in [-0.1, -0.05) is 18.7 Å². The van der Waals surface area contributed by atoms with Crippen molar-refractivity contribution in [2.75, 3.05) is 0 Å². The van der Waals surface area contributed by atoms with Crippen LogP contribution < -0.4 is 10.6 Å². The molecule has 1 aromatic carbocycles. The molecule has 17 heteroatoms. The van der Waals surface area contributed by atoms with Crippen molar-refractivity contribution >= 4 is 35.5 Å². The normalized spacial score (nSPS) is 18.1. The number of nitrogens with zero attached hydrogens (tertiary/aromatic N) is 3. The molecular formula is C31H30F5N5O7. The quantitative estimate of drug-likeness (QED) is 0.166. The molecular weight excluding hydrogens is 649 g/mol. The number of alkyl halides is 3. The summed E-state index contributed by atoms with van der Waals surface area (Å²) in [5, 5.41) is 12.3. The molecule has 1 saturated heterocycles. The number of halogens is 5. The molecule has 5 rings (SSSR count). The van der Waals surface area contributed by atoms with Crippen LogP contribution in [0, 0.1) is 12.9 Å². The Morgan fingerprint density at radius 1 is 1.17 bits per heavy atom. The van der Waals surface area contributed by atoms with Crippen molar-refractivity contribution in [2.24, 2.45) is 0 Å². The lowest BCUT2D eigenvalue weighted by Crippen LogP contribution is -2.52. The number of carbonyl (C=O) groups excluding carboxylic acids is 5. The minimum atomic E-state index is -5.08. The van der Waals surface area contributed by atoms with Crippen molar-refractivity contribution in [3.63, 3.8) is 0 Å². The van der Waals surface area contributed by atoms with Crippen LogP contribution in [0.3, 0.4) is 0 Å². The highest BCUT2D eigenvalue weighted by Crippen LogP contribution is 2.32. The Labute approximate surface area is 270 Å². The van der Waals surface area contributed by atoms with Gasteiger partial charge in [-0.25, -0.2) is 14.2 Å². The lowest BCUT2D eigenvalue weighted by molar-refractivity contribution is -0.192. The second-order valence-electron chi connectivity index (χ2n) is 11.4. The summed E-state index contributed by atoms with van der Waals surface area (Å²) >= 11 is 0. The molecule has 1 aliphatic carbocycles. The monoisotopic (exact) mass is 679 g/mol. The van der Waals surface area contributed by atoms with Crippen LogP contribution in [0.25, 0.3) is 0 Å². The highest BCUT2D eigenvalue weighted by atomic mass is 19.4. The van der Waals surface area contributed by atoms with Crippen LogP contribution in [0.5, 0.6) is 0 Å². The first-order valence-corrected chi connectivity index (χ1v) is 14.6. The maximum Gasteiger partial charge on any atom is 0.490 e. The number of imide groups is 1. The summed E-state index contributed by atoms with van der Waals surface area (Å²) in [6.45, 7) is 4.40. The maximum atomic E-state index is 14.5. The number of benzene rings is 1. The number of aromatic nitrogens is 1. The molecule has 2 fully saturated rings. The molecule has 2 aliphatic heterocycles. The number of pyridine rings is 1. The summed E-state index contributed by atoms with van der Waals surface area (Å²) in [5.74, 6) is -7.90. The van der Waals surface area contributed by atoms with E-state index in [0.717, 1.165) is 24.2 Å². The topological polar surface area (TPSA) is 166 Å². The molecule has 3 aliphatic rings. The van der Waals surface area contributed by atoms with E-state index in [1.165, 1.54) is 24.1 Å². The number of piperidine rings is 1. The summed E-state index contributed by atoms with van der Waals surface area (Å²) in [4.78, 5) is 78.6. The van der Waals surface area contributed by atoms with Crippen molar-refractivity contribution in [3.05, 3.63) is 76.6 Å². The van der Waals surface area contributed by atoms with Gasteiger partial charge in [-0.15, -0.1) is 0 Å². The largest absolute Gasteiger partial charge is 0.490 e. The Hall–Kier alpha value is -5.22. The zero-order valence-corrected chi connectivity index (χ0v) is 25.4. The van der Waals surface area contributed by atoms with Gasteiger partial charge in [0.25, 0.3) is 11.8 Å². The third-order valence-electron chi connectivity index (χ3n) is 8.17. The van der Waals surface area contributed by atoms with Crippen LogP contribution >= 0.6 is 0 Å². The van der Waals surface area contributed by atoms with Crippen molar-refractivity contribution in [1.29, 1.82) is 0 Å². The number of carboxylic acid groups (broad SMARTS) is 1. The number of fused-ring (bicyclic) bond motifs is 1. The standard InChI is InChI=1S/C29H29F2N5O5.C2HF3O2/c1-15-20(10-11-32-25(15)31)24(27(39)33-19-4-3-5-19)36(28(40)16(2)30)13-17-6-7-21-18(12-17)14-35(29(21)41)22-8-9-23(37)34-26(22)38;3-2(4,5)1(6)7/h6-7,10-12,19,22,24H,2-5,8-9,13-14H2,1H3,(H,33,39)(H,34,37,38);(H,6,7). The van der Waals surface area contributed by atoms with E-state index >= 15 is 0 Å². The number of amides is 5. The fraction of sp³-hybridized carbons (Fsp3) is 0.387. The lowest BCUT2D eigenvalue weighted by atomic mass is 9.92. The summed E-state index contributed by atoms with van der Waals surface area (Å²) < 4.78 is 60.6. The average Bonchev–Trinajstić information content (AvgIpc) is 3.31. The Kier molecular flexibility index (Phi) is 10.6. The number of carboxylic acids is 1. The molecule has 2 unspecified atom stereocenters. The van der Waals surface area contributed by atoms with Gasteiger partial charge in [0.1, 0.15) is 12.1 Å². The van der Waals surface area contributed by atoms with Gasteiger partial charge in [0, 0.05) is 42.9 Å². The summed E-state index contributed by atoms with van der Waals surface area (Å²) in [5.41, 5.74) is 1.61. The van der Waals surface area contributed by atoms with Gasteiger partial charge < -0.3 is 20.2 Å². The maximum absolute atomic E-state index is 14.5. The van der Waals surface area contributed by atoms with E-state index in [2.05, 4.69) is 22.2 Å². The summed E-state index contributed by atoms with van der Waals surface area (Å²) in [7, 11) is 0. The van der Waals surface area contributed by atoms with E-state index < -0.39 is 59.6 Å². The highest BCUT2D eigenvalue weighted by molar-refractivity contribution is 6.05. The molecule has 3 N–H and O–H groups in total. The highest BCUT2D eigenvalue weighted by Gasteiger charge is 2.41. The number of aliphatic carboxylic acids is 1. The molecule has 1 aromatic heterocycles. The van der Waals surface area contributed by atoms with Gasteiger partial charge in [0.2, 0.25) is 23.7 Å². The predicted octanol–water partition coefficient (Wildman–Crippen LogP) is 3.15. The first-order chi connectivity index (χ1) is 22.5. The number of nitrogens with one attached hydrogen (secondary N) is 2. The van der Waals surface area contributed by atoms with Crippen LogP contribution in [0.2, 0.25) is 0 Å². The fourth-order valence-corrected chi connectivity index (χ4v) is 5.46. The second kappa shape index (κ2) is 14.3. The molecule has 3 heterocycles. The molecule has 0 spiro atoms. The summed E-state index contributed by atoms with van der Waals surface area (Å²) in [6, 6.07) is 3.91. The van der Waals surface area contributed by atoms with Gasteiger partial charge in [0.05, 0.1) is 0 Å². The smallest absolute Gasteiger partial charge is 0.475 e. The molecule has 256 valence electrons. The van der Waals surface area contributed by atoms with Crippen molar-refractivity contribution in [1.82, 2.24) is 25.4 Å². The number of hydrogen-bond donors (Lipinski definition) is 3. The number of rotatable bonds is 8. The average molecular weight is 680 g/mol. The van der Waals surface area contributed by atoms with E-state index in [1.807, 2.05) is 0 Å². The van der Waals surface area contributed by atoms with Crippen LogP contribution in [0.15, 0.2) is 42.9 Å². The zero-order chi connectivity index (χ0) is 35.5. The Morgan fingerprint density at radius 2 is 1.83 bits per heavy atom. The second-order valence-corrected chi connectivity index (χ2v) is 11.4. The molecule has 1 saturated carbocycles. The van der Waals surface area contributed by atoms with Crippen LogP contribution in [0.4, 0.5) is 22.0 Å². The molecule has 48 heavy (non-hydrogen) atoms. The van der Waals surface area contributed by atoms with Crippen molar-refractivity contribution in [3.8, 4) is 0 Å². The first-order valence-electron chi connectivity index (χ1n) is 14.6.